The lowest BCUT2D eigenvalue weighted by Gasteiger charge is -2.08. The zero-order valence-electron chi connectivity index (χ0n) is 8.80. The predicted octanol–water partition coefficient (Wildman–Crippen LogP) is 1.70. The van der Waals surface area contributed by atoms with Gasteiger partial charge in [0.25, 0.3) is 0 Å². The van der Waals surface area contributed by atoms with Crippen LogP contribution in [0.5, 0.6) is 0 Å². The van der Waals surface area contributed by atoms with Gasteiger partial charge in [0, 0.05) is 30.7 Å². The van der Waals surface area contributed by atoms with E-state index in [-0.39, 0.29) is 5.91 Å². The third-order valence-corrected chi connectivity index (χ3v) is 2.27. The molecule has 0 unspecified atom stereocenters. The van der Waals surface area contributed by atoms with Crippen molar-refractivity contribution in [1.29, 1.82) is 0 Å². The topological polar surface area (TPSA) is 54.0 Å². The lowest BCUT2D eigenvalue weighted by Crippen LogP contribution is -2.26. The molecule has 0 radical (unpaired) electrons. The van der Waals surface area contributed by atoms with Crippen molar-refractivity contribution in [1.82, 2.24) is 10.3 Å². The Kier molecular flexibility index (Phi) is 4.55. The summed E-state index contributed by atoms with van der Waals surface area (Å²) >= 11 is 3.35. The number of aromatic nitrogens is 1. The molecule has 0 fully saturated rings. The Hall–Kier alpha value is -1.10. The molecule has 0 atom stereocenters. The Balaban J connectivity index is 2.40. The predicted molar refractivity (Wildman–Crippen MR) is 63.8 cm³/mol. The minimum absolute atomic E-state index is 0.0164. The highest BCUT2D eigenvalue weighted by atomic mass is 79.9. The summed E-state index contributed by atoms with van der Waals surface area (Å²) in [6.45, 7) is 4.77. The van der Waals surface area contributed by atoms with E-state index in [2.05, 4.69) is 31.5 Å². The Morgan fingerprint density at radius 1 is 1.53 bits per heavy atom. The number of amides is 1. The Bertz CT molecular complexity index is 355. The van der Waals surface area contributed by atoms with Gasteiger partial charge in [-0.1, -0.05) is 0 Å². The van der Waals surface area contributed by atoms with Crippen LogP contribution in [0, 0.1) is 6.92 Å². The summed E-state index contributed by atoms with van der Waals surface area (Å²) in [5, 5.41) is 5.86. The van der Waals surface area contributed by atoms with Gasteiger partial charge in [-0.25, -0.2) is 4.98 Å². The van der Waals surface area contributed by atoms with Crippen LogP contribution in [0.2, 0.25) is 0 Å². The largest absolute Gasteiger partial charge is 0.368 e. The van der Waals surface area contributed by atoms with Crippen molar-refractivity contribution in [2.24, 2.45) is 0 Å². The van der Waals surface area contributed by atoms with Crippen LogP contribution in [0.25, 0.3) is 0 Å². The van der Waals surface area contributed by atoms with Gasteiger partial charge in [-0.05, 0) is 34.5 Å². The molecule has 0 saturated carbocycles. The maximum absolute atomic E-state index is 10.6. The van der Waals surface area contributed by atoms with Gasteiger partial charge in [-0.15, -0.1) is 0 Å². The smallest absolute Gasteiger partial charge is 0.216 e. The van der Waals surface area contributed by atoms with Crippen LogP contribution in [0.3, 0.4) is 0 Å². The lowest BCUT2D eigenvalue weighted by molar-refractivity contribution is -0.118. The minimum Gasteiger partial charge on any atom is -0.368 e. The maximum atomic E-state index is 10.6. The third-order valence-electron chi connectivity index (χ3n) is 1.84. The number of nitrogens with one attached hydrogen (secondary N) is 2. The normalized spacial score (nSPS) is 9.80. The molecule has 0 spiro atoms. The summed E-state index contributed by atoms with van der Waals surface area (Å²) in [5.41, 5.74) is 1.08. The minimum atomic E-state index is -0.0164. The van der Waals surface area contributed by atoms with Crippen LogP contribution < -0.4 is 10.6 Å². The quantitative estimate of drug-likeness (QED) is 0.820. The monoisotopic (exact) mass is 271 g/mol. The first kappa shape index (κ1) is 12.0. The maximum Gasteiger partial charge on any atom is 0.216 e. The summed E-state index contributed by atoms with van der Waals surface area (Å²) in [4.78, 5) is 14.8. The van der Waals surface area contributed by atoms with Crippen molar-refractivity contribution in [2.75, 3.05) is 18.4 Å². The van der Waals surface area contributed by atoms with Crippen LogP contribution in [0.4, 0.5) is 5.82 Å². The molecule has 0 bridgehead atoms. The number of hydrogen-bond acceptors (Lipinski definition) is 3. The zero-order chi connectivity index (χ0) is 11.3. The molecule has 4 nitrogen and oxygen atoms in total. The average molecular weight is 272 g/mol. The molecule has 1 heterocycles. The fraction of sp³-hybridized carbons (Fsp3) is 0.400. The number of carbonyl (C=O) groups excluding carboxylic acids is 1. The molecule has 0 aliphatic heterocycles. The van der Waals surface area contributed by atoms with E-state index in [0.717, 1.165) is 15.9 Å². The van der Waals surface area contributed by atoms with Crippen LogP contribution in [-0.2, 0) is 4.79 Å². The standard InChI is InChI=1S/C10H14BrN3O/c1-7-5-9(11)6-14-10(7)13-4-3-12-8(2)15/h5-6H,3-4H2,1-2H3,(H,12,15)(H,13,14). The van der Waals surface area contributed by atoms with Gasteiger partial charge < -0.3 is 10.6 Å². The summed E-state index contributed by atoms with van der Waals surface area (Å²) < 4.78 is 0.965. The fourth-order valence-corrected chi connectivity index (χ4v) is 1.59. The van der Waals surface area contributed by atoms with Crippen molar-refractivity contribution >= 4 is 27.7 Å². The van der Waals surface area contributed by atoms with E-state index in [4.69, 9.17) is 0 Å². The van der Waals surface area contributed by atoms with E-state index >= 15 is 0 Å². The molecule has 5 heteroatoms. The molecule has 82 valence electrons. The second-order valence-corrected chi connectivity index (χ2v) is 4.14. The molecule has 1 amide bonds. The molecule has 15 heavy (non-hydrogen) atoms. The zero-order valence-corrected chi connectivity index (χ0v) is 10.4. The van der Waals surface area contributed by atoms with E-state index < -0.39 is 0 Å². The van der Waals surface area contributed by atoms with E-state index in [9.17, 15) is 4.79 Å². The average Bonchev–Trinajstić information content (AvgIpc) is 2.14. The second-order valence-electron chi connectivity index (χ2n) is 3.23. The van der Waals surface area contributed by atoms with Crippen molar-refractivity contribution in [3.63, 3.8) is 0 Å². The number of pyridine rings is 1. The van der Waals surface area contributed by atoms with Gasteiger partial charge >= 0.3 is 0 Å². The van der Waals surface area contributed by atoms with Gasteiger partial charge in [0.05, 0.1) is 0 Å². The molecule has 0 aromatic carbocycles. The molecule has 1 rings (SSSR count). The van der Waals surface area contributed by atoms with E-state index in [1.807, 2.05) is 13.0 Å². The number of carbonyl (C=O) groups is 1. The van der Waals surface area contributed by atoms with Crippen molar-refractivity contribution in [3.05, 3.63) is 22.3 Å². The first-order valence-corrected chi connectivity index (χ1v) is 5.49. The van der Waals surface area contributed by atoms with Crippen LogP contribution >= 0.6 is 15.9 Å². The molecule has 0 aliphatic carbocycles. The van der Waals surface area contributed by atoms with Gasteiger partial charge in [-0.3, -0.25) is 4.79 Å². The first-order valence-electron chi connectivity index (χ1n) is 4.70. The van der Waals surface area contributed by atoms with Gasteiger partial charge in [-0.2, -0.15) is 0 Å². The molecule has 1 aromatic rings. The molecule has 0 aliphatic rings. The lowest BCUT2D eigenvalue weighted by atomic mass is 10.3. The van der Waals surface area contributed by atoms with Crippen LogP contribution in [0.15, 0.2) is 16.7 Å². The number of aryl methyl sites for hydroxylation is 1. The van der Waals surface area contributed by atoms with E-state index in [0.29, 0.717) is 13.1 Å². The Labute approximate surface area is 97.6 Å². The molecule has 1 aromatic heterocycles. The second kappa shape index (κ2) is 5.70. The van der Waals surface area contributed by atoms with E-state index in [1.54, 1.807) is 6.20 Å². The van der Waals surface area contributed by atoms with Crippen LogP contribution in [-0.4, -0.2) is 24.0 Å². The molecular formula is C10H14BrN3O. The van der Waals surface area contributed by atoms with Crippen molar-refractivity contribution in [3.8, 4) is 0 Å². The summed E-state index contributed by atoms with van der Waals surface area (Å²) in [6, 6.07) is 1.99. The number of rotatable bonds is 4. The van der Waals surface area contributed by atoms with Gasteiger partial charge in [0.2, 0.25) is 5.91 Å². The Morgan fingerprint density at radius 2 is 2.27 bits per heavy atom. The summed E-state index contributed by atoms with van der Waals surface area (Å²) in [5.74, 6) is 0.834. The first-order chi connectivity index (χ1) is 7.09. The van der Waals surface area contributed by atoms with Gasteiger partial charge in [0.1, 0.15) is 5.82 Å². The highest BCUT2D eigenvalue weighted by Gasteiger charge is 1.99. The summed E-state index contributed by atoms with van der Waals surface area (Å²) in [7, 11) is 0. The number of nitrogens with zero attached hydrogens (tertiary/aromatic N) is 1. The highest BCUT2D eigenvalue weighted by molar-refractivity contribution is 9.10. The molecule has 2 N–H and O–H groups in total. The third kappa shape index (κ3) is 4.29. The number of hydrogen-bond donors (Lipinski definition) is 2. The van der Waals surface area contributed by atoms with Gasteiger partial charge in [0.15, 0.2) is 0 Å². The molecule has 0 saturated heterocycles. The summed E-state index contributed by atoms with van der Waals surface area (Å²) in [6.07, 6.45) is 1.74. The van der Waals surface area contributed by atoms with Crippen molar-refractivity contribution < 1.29 is 4.79 Å². The SMILES string of the molecule is CC(=O)NCCNc1ncc(Br)cc1C. The highest BCUT2D eigenvalue weighted by Crippen LogP contribution is 2.16. The molecular weight excluding hydrogens is 258 g/mol. The van der Waals surface area contributed by atoms with E-state index in [1.165, 1.54) is 6.92 Å². The number of anilines is 1. The van der Waals surface area contributed by atoms with Crippen LogP contribution in [0.1, 0.15) is 12.5 Å². The van der Waals surface area contributed by atoms with Crippen molar-refractivity contribution in [2.45, 2.75) is 13.8 Å². The Morgan fingerprint density at radius 3 is 2.87 bits per heavy atom. The number of halogens is 1. The fourth-order valence-electron chi connectivity index (χ4n) is 1.14.